The lowest BCUT2D eigenvalue weighted by atomic mass is 9.78. The van der Waals surface area contributed by atoms with Crippen LogP contribution in [0.5, 0.6) is 0 Å². The number of likely N-dealkylation sites (N-methyl/N-ethyl adjacent to an activating group) is 1. The van der Waals surface area contributed by atoms with Crippen molar-refractivity contribution in [3.05, 3.63) is 71.3 Å². The molecule has 1 saturated carbocycles. The van der Waals surface area contributed by atoms with Crippen molar-refractivity contribution in [3.8, 4) is 6.07 Å². The highest BCUT2D eigenvalue weighted by atomic mass is 19.1. The van der Waals surface area contributed by atoms with Crippen LogP contribution >= 0.6 is 0 Å². The maximum absolute atomic E-state index is 13.5. The highest BCUT2D eigenvalue weighted by Crippen LogP contribution is 2.39. The van der Waals surface area contributed by atoms with Crippen molar-refractivity contribution in [2.75, 3.05) is 19.6 Å². The maximum Gasteiger partial charge on any atom is 0.107 e. The third-order valence-electron chi connectivity index (χ3n) is 5.54. The molecule has 2 atom stereocenters. The number of rotatable bonds is 9. The molecule has 2 aromatic rings. The topological polar surface area (TPSA) is 27.0 Å². The molecule has 0 bridgehead atoms. The molecule has 2 unspecified atom stereocenters. The summed E-state index contributed by atoms with van der Waals surface area (Å²) in [4.78, 5) is 2.53. The fourth-order valence-electron chi connectivity index (χ4n) is 3.63. The van der Waals surface area contributed by atoms with Crippen molar-refractivity contribution in [3.63, 3.8) is 0 Å². The van der Waals surface area contributed by atoms with E-state index in [1.165, 1.54) is 30.0 Å². The molecule has 0 N–H and O–H groups in total. The first-order valence-electron chi connectivity index (χ1n) is 10.5. The number of halogens is 1. The van der Waals surface area contributed by atoms with Gasteiger partial charge in [-0.3, -0.25) is 0 Å². The second-order valence-corrected chi connectivity index (χ2v) is 7.44. The third kappa shape index (κ3) is 7.09. The number of nitrogens with zero attached hydrogens (tertiary/aromatic N) is 2. The lowest BCUT2D eigenvalue weighted by Gasteiger charge is -2.30. The van der Waals surface area contributed by atoms with E-state index in [0.717, 1.165) is 45.3 Å². The van der Waals surface area contributed by atoms with Gasteiger partial charge in [-0.25, -0.2) is 4.39 Å². The Morgan fingerprint density at radius 2 is 1.61 bits per heavy atom. The van der Waals surface area contributed by atoms with Gasteiger partial charge in [0.05, 0.1) is 6.07 Å². The van der Waals surface area contributed by atoms with Gasteiger partial charge in [0.15, 0.2) is 0 Å². The van der Waals surface area contributed by atoms with E-state index in [9.17, 15) is 4.39 Å². The summed E-state index contributed by atoms with van der Waals surface area (Å²) in [5, 5.41) is 7.32. The van der Waals surface area contributed by atoms with Crippen LogP contribution in [0.3, 0.4) is 0 Å². The van der Waals surface area contributed by atoms with Gasteiger partial charge in [-0.15, -0.1) is 0 Å². The van der Waals surface area contributed by atoms with Crippen LogP contribution < -0.4 is 0 Å². The average molecular weight is 381 g/mol. The van der Waals surface area contributed by atoms with Crippen molar-refractivity contribution in [1.29, 1.82) is 5.26 Å². The molecule has 1 aliphatic carbocycles. The minimum Gasteiger partial charge on any atom is -0.303 e. The Morgan fingerprint density at radius 1 is 0.964 bits per heavy atom. The number of benzene rings is 2. The zero-order valence-corrected chi connectivity index (χ0v) is 17.3. The first kappa shape index (κ1) is 22.1. The summed E-state index contributed by atoms with van der Waals surface area (Å²) in [6.45, 7) is 7.04. The largest absolute Gasteiger partial charge is 0.303 e. The molecule has 2 nitrogen and oxygen atoms in total. The number of aryl methyl sites for hydroxylation is 1. The Morgan fingerprint density at radius 3 is 2.14 bits per heavy atom. The van der Waals surface area contributed by atoms with E-state index >= 15 is 0 Å². The predicted octanol–water partition coefficient (Wildman–Crippen LogP) is 5.93. The SMILES string of the molecule is CC#N.CCN(CCCc1ccc(C2CCC2F)cc1)CCc1ccccc1. The van der Waals surface area contributed by atoms with E-state index in [2.05, 4.69) is 66.4 Å². The second kappa shape index (κ2) is 12.3. The Balaban J connectivity index is 0.000000878. The Labute approximate surface area is 170 Å². The van der Waals surface area contributed by atoms with Crippen molar-refractivity contribution >= 4 is 0 Å². The van der Waals surface area contributed by atoms with Crippen molar-refractivity contribution in [1.82, 2.24) is 4.90 Å². The molecule has 0 saturated heterocycles. The lowest BCUT2D eigenvalue weighted by molar-refractivity contribution is 0.170. The van der Waals surface area contributed by atoms with Gasteiger partial charge in [-0.1, -0.05) is 61.5 Å². The second-order valence-electron chi connectivity index (χ2n) is 7.44. The zero-order chi connectivity index (χ0) is 20.2. The quantitative estimate of drug-likeness (QED) is 0.539. The van der Waals surface area contributed by atoms with Crippen LogP contribution in [0.4, 0.5) is 4.39 Å². The van der Waals surface area contributed by atoms with Crippen molar-refractivity contribution in [2.45, 2.75) is 58.0 Å². The summed E-state index contributed by atoms with van der Waals surface area (Å²) in [6.07, 6.45) is 4.53. The highest BCUT2D eigenvalue weighted by Gasteiger charge is 2.31. The Kier molecular flexibility index (Phi) is 9.72. The van der Waals surface area contributed by atoms with E-state index < -0.39 is 6.17 Å². The van der Waals surface area contributed by atoms with E-state index in [0.29, 0.717) is 0 Å². The van der Waals surface area contributed by atoms with Gasteiger partial charge in [0, 0.05) is 19.4 Å². The molecule has 0 spiro atoms. The monoisotopic (exact) mass is 380 g/mol. The summed E-state index contributed by atoms with van der Waals surface area (Å²) in [5.74, 6) is 0.155. The highest BCUT2D eigenvalue weighted by molar-refractivity contribution is 5.28. The van der Waals surface area contributed by atoms with Gasteiger partial charge in [0.2, 0.25) is 0 Å². The summed E-state index contributed by atoms with van der Waals surface area (Å²) in [5.41, 5.74) is 3.97. The first-order valence-corrected chi connectivity index (χ1v) is 10.5. The van der Waals surface area contributed by atoms with Crippen LogP contribution in [0.1, 0.15) is 55.7 Å². The standard InChI is InChI=1S/C23H30FN.C2H3N/c1-2-25(18-16-19-7-4-3-5-8-19)17-6-9-20-10-12-21(13-11-20)22-14-15-23(22)24;1-2-3/h3-5,7-8,10-13,22-23H,2,6,9,14-18H2,1H3;1H3. The van der Waals surface area contributed by atoms with Gasteiger partial charge in [-0.05, 0) is 61.9 Å². The van der Waals surface area contributed by atoms with Gasteiger partial charge >= 0.3 is 0 Å². The number of nitriles is 1. The Bertz CT molecular complexity index is 706. The smallest absolute Gasteiger partial charge is 0.107 e. The molecule has 1 fully saturated rings. The van der Waals surface area contributed by atoms with E-state index in [-0.39, 0.29) is 5.92 Å². The fourth-order valence-corrected chi connectivity index (χ4v) is 3.63. The lowest BCUT2D eigenvalue weighted by Crippen LogP contribution is -2.27. The normalized spacial score (nSPS) is 18.0. The van der Waals surface area contributed by atoms with Crippen LogP contribution in [0, 0.1) is 11.3 Å². The van der Waals surface area contributed by atoms with Crippen molar-refractivity contribution in [2.24, 2.45) is 0 Å². The van der Waals surface area contributed by atoms with Gasteiger partial charge in [0.25, 0.3) is 0 Å². The van der Waals surface area contributed by atoms with Gasteiger partial charge < -0.3 is 4.90 Å². The third-order valence-corrected chi connectivity index (χ3v) is 5.54. The zero-order valence-electron chi connectivity index (χ0n) is 17.3. The van der Waals surface area contributed by atoms with Crippen LogP contribution in [0.15, 0.2) is 54.6 Å². The summed E-state index contributed by atoms with van der Waals surface area (Å²) in [6, 6.07) is 21.1. The molecule has 0 radical (unpaired) electrons. The van der Waals surface area contributed by atoms with Gasteiger partial charge in [0.1, 0.15) is 6.17 Å². The van der Waals surface area contributed by atoms with E-state index in [1.807, 2.05) is 0 Å². The fraction of sp³-hybridized carbons (Fsp3) is 0.480. The molecule has 0 heterocycles. The van der Waals surface area contributed by atoms with Crippen molar-refractivity contribution < 1.29 is 4.39 Å². The maximum atomic E-state index is 13.5. The summed E-state index contributed by atoms with van der Waals surface area (Å²) in [7, 11) is 0. The van der Waals surface area contributed by atoms with Gasteiger partial charge in [-0.2, -0.15) is 5.26 Å². The molecule has 3 rings (SSSR count). The molecule has 28 heavy (non-hydrogen) atoms. The minimum absolute atomic E-state index is 0.155. The molecule has 0 aliphatic heterocycles. The molecular weight excluding hydrogens is 347 g/mol. The predicted molar refractivity (Wildman–Crippen MR) is 115 cm³/mol. The molecule has 2 aromatic carbocycles. The molecule has 0 aromatic heterocycles. The molecule has 1 aliphatic rings. The van der Waals surface area contributed by atoms with Crippen LogP contribution in [-0.4, -0.2) is 30.7 Å². The number of alkyl halides is 1. The molecule has 150 valence electrons. The number of hydrogen-bond donors (Lipinski definition) is 0. The summed E-state index contributed by atoms with van der Waals surface area (Å²) >= 11 is 0. The molecule has 3 heteroatoms. The number of hydrogen-bond acceptors (Lipinski definition) is 2. The van der Waals surface area contributed by atoms with Crippen LogP contribution in [-0.2, 0) is 12.8 Å². The van der Waals surface area contributed by atoms with E-state index in [4.69, 9.17) is 5.26 Å². The first-order chi connectivity index (χ1) is 13.7. The summed E-state index contributed by atoms with van der Waals surface area (Å²) < 4.78 is 13.5. The average Bonchev–Trinajstić information content (AvgIpc) is 2.72. The van der Waals surface area contributed by atoms with Crippen LogP contribution in [0.25, 0.3) is 0 Å². The molecule has 0 amide bonds. The molecular formula is C25H33FN2. The van der Waals surface area contributed by atoms with E-state index in [1.54, 1.807) is 6.07 Å². The van der Waals surface area contributed by atoms with Crippen LogP contribution in [0.2, 0.25) is 0 Å². The minimum atomic E-state index is -0.617. The Hall–Kier alpha value is -2.18.